The maximum atomic E-state index is 11.3. The molecule has 0 aliphatic heterocycles. The highest BCUT2D eigenvalue weighted by Crippen LogP contribution is 1.96. The van der Waals surface area contributed by atoms with Gasteiger partial charge in [-0.15, -0.1) is 0 Å². The molecule has 0 fully saturated rings. The van der Waals surface area contributed by atoms with Gasteiger partial charge in [0.2, 0.25) is 10.0 Å². The van der Waals surface area contributed by atoms with E-state index >= 15 is 0 Å². The molecule has 1 aromatic heterocycles. The van der Waals surface area contributed by atoms with Gasteiger partial charge in [-0.05, 0) is 6.42 Å². The van der Waals surface area contributed by atoms with Crippen molar-refractivity contribution in [2.75, 3.05) is 17.9 Å². The van der Waals surface area contributed by atoms with Crippen molar-refractivity contribution in [1.82, 2.24) is 14.7 Å². The van der Waals surface area contributed by atoms with E-state index < -0.39 is 24.9 Å². The quantitative estimate of drug-likeness (QED) is 0.640. The predicted molar refractivity (Wildman–Crippen MR) is 63.5 cm³/mol. The highest BCUT2D eigenvalue weighted by molar-refractivity contribution is 8.06. The Morgan fingerprint density at radius 3 is 2.59 bits per heavy atom. The van der Waals surface area contributed by atoms with Crippen molar-refractivity contribution in [1.29, 1.82) is 0 Å². The summed E-state index contributed by atoms with van der Waals surface area (Å²) in [5.74, 6) is 0.771. The second kappa shape index (κ2) is 5.61. The number of aromatic nitrogens is 2. The highest BCUT2D eigenvalue weighted by atomic mass is 32.3. The van der Waals surface area contributed by atoms with Gasteiger partial charge in [0.15, 0.2) is 14.9 Å². The Bertz CT molecular complexity index is 533. The molecule has 1 aromatic rings. The fourth-order valence-electron chi connectivity index (χ4n) is 1.24. The van der Waals surface area contributed by atoms with Crippen LogP contribution in [0.2, 0.25) is 0 Å². The number of aryl methyl sites for hydroxylation is 1. The molecule has 0 spiro atoms. The fraction of sp³-hybridized carbons (Fsp3) is 0.625. The van der Waals surface area contributed by atoms with Gasteiger partial charge in [0, 0.05) is 31.6 Å². The summed E-state index contributed by atoms with van der Waals surface area (Å²) in [5.41, 5.74) is 0. The molecule has 0 aliphatic rings. The molecule has 9 heteroatoms. The van der Waals surface area contributed by atoms with Crippen molar-refractivity contribution in [3.8, 4) is 0 Å². The van der Waals surface area contributed by atoms with Gasteiger partial charge in [-0.3, -0.25) is 0 Å². The van der Waals surface area contributed by atoms with E-state index in [0.29, 0.717) is 12.8 Å². The van der Waals surface area contributed by atoms with Gasteiger partial charge in [-0.25, -0.2) is 26.5 Å². The normalized spacial score (nSPS) is 12.8. The first-order valence-corrected chi connectivity index (χ1v) is 8.63. The molecule has 1 heterocycles. The first-order chi connectivity index (χ1) is 7.79. The van der Waals surface area contributed by atoms with E-state index in [4.69, 9.17) is 0 Å². The summed E-state index contributed by atoms with van der Waals surface area (Å²) in [5, 5.41) is -0.874. The molecule has 0 atom stereocenters. The minimum absolute atomic E-state index is 0.193. The number of aromatic amines is 1. The number of imidazole rings is 1. The first kappa shape index (κ1) is 14.1. The minimum Gasteiger partial charge on any atom is -0.349 e. The maximum absolute atomic E-state index is 11.3. The molecule has 0 unspecified atom stereocenters. The number of nitrogens with one attached hydrogen (secondary N) is 2. The van der Waals surface area contributed by atoms with E-state index in [0.717, 1.165) is 12.1 Å². The van der Waals surface area contributed by atoms with Crippen LogP contribution in [0, 0.1) is 0 Å². The summed E-state index contributed by atoms with van der Waals surface area (Å²) in [6.07, 6.45) is 5.34. The third-order valence-corrected chi connectivity index (χ3v) is 5.43. The third kappa shape index (κ3) is 6.39. The number of hydrogen-bond acceptors (Lipinski definition) is 5. The van der Waals surface area contributed by atoms with Crippen LogP contribution in [0.3, 0.4) is 0 Å². The zero-order valence-electron chi connectivity index (χ0n) is 9.38. The molecule has 0 aromatic carbocycles. The van der Waals surface area contributed by atoms with E-state index in [2.05, 4.69) is 14.7 Å². The third-order valence-electron chi connectivity index (χ3n) is 1.84. The number of nitrogens with zero attached hydrogens (tertiary/aromatic N) is 1. The van der Waals surface area contributed by atoms with E-state index in [1.807, 2.05) is 0 Å². The molecule has 98 valence electrons. The first-order valence-electron chi connectivity index (χ1n) is 4.92. The van der Waals surface area contributed by atoms with Crippen molar-refractivity contribution in [3.05, 3.63) is 18.2 Å². The molecule has 7 nitrogen and oxygen atoms in total. The number of H-pyrrole nitrogens is 1. The van der Waals surface area contributed by atoms with Crippen LogP contribution in [0.15, 0.2) is 12.4 Å². The van der Waals surface area contributed by atoms with Gasteiger partial charge in [0.25, 0.3) is 0 Å². The summed E-state index contributed by atoms with van der Waals surface area (Å²) in [6.45, 7) is 0.193. The smallest absolute Gasteiger partial charge is 0.226 e. The Morgan fingerprint density at radius 2 is 2.06 bits per heavy atom. The molecular weight excluding hydrogens is 266 g/mol. The Labute approximate surface area is 101 Å². The summed E-state index contributed by atoms with van der Waals surface area (Å²) in [7, 11) is -7.28. The maximum Gasteiger partial charge on any atom is 0.226 e. The van der Waals surface area contributed by atoms with Gasteiger partial charge in [-0.1, -0.05) is 0 Å². The zero-order chi connectivity index (χ0) is 12.9. The molecule has 2 N–H and O–H groups in total. The SMILES string of the molecule is CS(=O)(=O)CS(=O)(=O)NCCCc1ncc[nH]1. The molecule has 0 saturated carbocycles. The van der Waals surface area contributed by atoms with Gasteiger partial charge in [-0.2, -0.15) is 0 Å². The predicted octanol–water partition coefficient (Wildman–Crippen LogP) is -0.736. The van der Waals surface area contributed by atoms with Crippen LogP contribution in [0.1, 0.15) is 12.2 Å². The van der Waals surface area contributed by atoms with Gasteiger partial charge in [0.05, 0.1) is 0 Å². The molecule has 0 saturated heterocycles. The second-order valence-corrected chi connectivity index (χ2v) is 8.00. The number of sulfone groups is 1. The highest BCUT2D eigenvalue weighted by Gasteiger charge is 2.16. The zero-order valence-corrected chi connectivity index (χ0v) is 11.0. The summed E-state index contributed by atoms with van der Waals surface area (Å²) in [4.78, 5) is 6.87. The summed E-state index contributed by atoms with van der Waals surface area (Å²) in [6, 6.07) is 0. The molecular formula is C8H15N3O4S2. The Hall–Kier alpha value is -0.930. The second-order valence-electron chi connectivity index (χ2n) is 3.69. The van der Waals surface area contributed by atoms with Crippen LogP contribution in [0.5, 0.6) is 0 Å². The number of rotatable bonds is 7. The van der Waals surface area contributed by atoms with Crippen molar-refractivity contribution < 1.29 is 16.8 Å². The van der Waals surface area contributed by atoms with E-state index in [-0.39, 0.29) is 6.54 Å². The molecule has 1 rings (SSSR count). The molecule has 0 amide bonds. The van der Waals surface area contributed by atoms with Crippen LogP contribution in [0.25, 0.3) is 0 Å². The minimum atomic E-state index is -3.75. The van der Waals surface area contributed by atoms with Crippen LogP contribution in [-0.4, -0.2) is 44.7 Å². The lowest BCUT2D eigenvalue weighted by Crippen LogP contribution is -2.30. The number of sulfonamides is 1. The van der Waals surface area contributed by atoms with Crippen LogP contribution >= 0.6 is 0 Å². The standard InChI is InChI=1S/C8H15N3O4S2/c1-16(12,13)7-17(14,15)11-4-2-3-8-9-5-6-10-8/h5-6,11H,2-4,7H2,1H3,(H,9,10). The van der Waals surface area contributed by atoms with Crippen molar-refractivity contribution in [2.45, 2.75) is 12.8 Å². The van der Waals surface area contributed by atoms with E-state index in [9.17, 15) is 16.8 Å². The lowest BCUT2D eigenvalue weighted by Gasteiger charge is -2.04. The van der Waals surface area contributed by atoms with Crippen molar-refractivity contribution in [2.24, 2.45) is 0 Å². The van der Waals surface area contributed by atoms with Gasteiger partial charge in [0.1, 0.15) is 5.82 Å². The Kier molecular flexibility index (Phi) is 4.66. The van der Waals surface area contributed by atoms with Crippen LogP contribution in [-0.2, 0) is 26.3 Å². The largest absolute Gasteiger partial charge is 0.349 e. The topological polar surface area (TPSA) is 109 Å². The monoisotopic (exact) mass is 281 g/mol. The lowest BCUT2D eigenvalue weighted by atomic mass is 10.3. The van der Waals surface area contributed by atoms with E-state index in [1.165, 1.54) is 0 Å². The van der Waals surface area contributed by atoms with Gasteiger partial charge >= 0.3 is 0 Å². The average Bonchev–Trinajstić information content (AvgIpc) is 2.60. The van der Waals surface area contributed by atoms with Gasteiger partial charge < -0.3 is 4.98 Å². The molecule has 17 heavy (non-hydrogen) atoms. The van der Waals surface area contributed by atoms with E-state index in [1.54, 1.807) is 12.4 Å². The Morgan fingerprint density at radius 1 is 1.35 bits per heavy atom. The summed E-state index contributed by atoms with van der Waals surface area (Å²) >= 11 is 0. The molecule has 0 radical (unpaired) electrons. The van der Waals surface area contributed by atoms with Crippen LogP contribution in [0.4, 0.5) is 0 Å². The molecule has 0 aliphatic carbocycles. The molecule has 0 bridgehead atoms. The summed E-state index contributed by atoms with van der Waals surface area (Å²) < 4.78 is 46.5. The van der Waals surface area contributed by atoms with Crippen molar-refractivity contribution >= 4 is 19.9 Å². The lowest BCUT2D eigenvalue weighted by molar-refractivity contribution is 0.578. The van der Waals surface area contributed by atoms with Crippen LogP contribution < -0.4 is 4.72 Å². The van der Waals surface area contributed by atoms with Crippen molar-refractivity contribution in [3.63, 3.8) is 0 Å². The number of hydrogen-bond donors (Lipinski definition) is 2. The fourth-order valence-corrected chi connectivity index (χ4v) is 4.29. The average molecular weight is 281 g/mol. The Balaban J connectivity index is 2.31.